The lowest BCUT2D eigenvalue weighted by molar-refractivity contribution is -0.265. The zero-order valence-corrected chi connectivity index (χ0v) is 23.0. The van der Waals surface area contributed by atoms with Gasteiger partial charge in [-0.2, -0.15) is 0 Å². The lowest BCUT2D eigenvalue weighted by atomic mass is 9.96. The Morgan fingerprint density at radius 2 is 1.69 bits per heavy atom. The maximum Gasteiger partial charge on any atom is 0.407 e. The fraction of sp³-hybridized carbons (Fsp3) is 0.750. The van der Waals surface area contributed by atoms with Gasteiger partial charge in [-0.25, -0.2) is 4.79 Å². The number of nitrogens with one attached hydrogen (secondary N) is 3. The summed E-state index contributed by atoms with van der Waals surface area (Å²) in [5, 5.41) is 45.8. The zero-order chi connectivity index (χ0) is 30.1. The van der Waals surface area contributed by atoms with Gasteiger partial charge in [-0.1, -0.05) is 34.8 Å². The van der Waals surface area contributed by atoms with Crippen LogP contribution in [0.15, 0.2) is 0 Å². The Bertz CT molecular complexity index is 893. The van der Waals surface area contributed by atoms with Crippen molar-refractivity contribution in [3.63, 3.8) is 0 Å². The molecule has 0 bridgehead atoms. The third-order valence-corrected chi connectivity index (χ3v) is 5.64. The minimum atomic E-state index is -1.94. The summed E-state index contributed by atoms with van der Waals surface area (Å²) in [7, 11) is 0. The van der Waals surface area contributed by atoms with Crippen LogP contribution in [0, 0.1) is 0 Å². The molecule has 39 heavy (non-hydrogen) atoms. The summed E-state index contributed by atoms with van der Waals surface area (Å²) in [4.78, 5) is 59.4. The van der Waals surface area contributed by atoms with E-state index in [0.29, 0.717) is 0 Å². The molecule has 0 saturated carbocycles. The molecule has 1 aliphatic rings. The largest absolute Gasteiger partial charge is 0.481 e. The molecule has 0 spiro atoms. The second kappa shape index (κ2) is 15.6. The fourth-order valence-electron chi connectivity index (χ4n) is 3.27. The van der Waals surface area contributed by atoms with Gasteiger partial charge in [0.05, 0.1) is 6.61 Å². The first-order valence-electron chi connectivity index (χ1n) is 11.4. The summed E-state index contributed by atoms with van der Waals surface area (Å²) in [6.07, 6.45) is -9.77. The Hall–Kier alpha value is -2.18. The van der Waals surface area contributed by atoms with E-state index < -0.39 is 102 Å². The highest BCUT2D eigenvalue weighted by Crippen LogP contribution is 2.27. The number of carboxylic acids is 1. The van der Waals surface area contributed by atoms with Gasteiger partial charge in [0.1, 0.15) is 49.1 Å². The average molecular weight is 626 g/mol. The van der Waals surface area contributed by atoms with Gasteiger partial charge in [-0.05, 0) is 20.3 Å². The number of rotatable bonds is 13. The molecule has 0 aromatic rings. The molecule has 19 heteroatoms. The molecule has 1 rings (SSSR count). The smallest absolute Gasteiger partial charge is 0.407 e. The molecule has 4 amide bonds. The molecule has 0 aliphatic carbocycles. The number of carbonyl (C=O) groups is 5. The molecule has 0 aromatic heterocycles. The van der Waals surface area contributed by atoms with E-state index in [1.807, 2.05) is 0 Å². The van der Waals surface area contributed by atoms with Gasteiger partial charge in [0.15, 0.2) is 6.29 Å². The van der Waals surface area contributed by atoms with Gasteiger partial charge in [-0.3, -0.25) is 19.2 Å². The predicted octanol–water partition coefficient (Wildman–Crippen LogP) is -2.36. The number of aliphatic hydroxyl groups excluding tert-OH is 3. The van der Waals surface area contributed by atoms with Gasteiger partial charge < -0.3 is 56.3 Å². The van der Waals surface area contributed by atoms with Crippen LogP contribution in [0.5, 0.6) is 0 Å². The minimum Gasteiger partial charge on any atom is -0.481 e. The number of ether oxygens (including phenoxy) is 3. The van der Waals surface area contributed by atoms with Crippen molar-refractivity contribution in [3.05, 3.63) is 0 Å². The van der Waals surface area contributed by atoms with Gasteiger partial charge in [-0.15, -0.1) is 0 Å². The van der Waals surface area contributed by atoms with Gasteiger partial charge in [0.2, 0.25) is 21.5 Å². The van der Waals surface area contributed by atoms with Crippen LogP contribution in [0.1, 0.15) is 26.7 Å². The van der Waals surface area contributed by atoms with E-state index in [2.05, 4.69) is 16.0 Å². The van der Waals surface area contributed by atoms with Gasteiger partial charge in [0, 0.05) is 6.42 Å². The number of carbonyl (C=O) groups excluding carboxylic acids is 4. The van der Waals surface area contributed by atoms with Crippen LogP contribution in [0.3, 0.4) is 0 Å². The third kappa shape index (κ3) is 11.8. The highest BCUT2D eigenvalue weighted by molar-refractivity contribution is 6.67. The maximum absolute atomic E-state index is 12.7. The number of aliphatic hydroxyl groups is 3. The Labute approximate surface area is 237 Å². The molecular formula is C20H31Cl3N4O12. The van der Waals surface area contributed by atoms with Crippen LogP contribution in [-0.4, -0.2) is 116 Å². The fourth-order valence-corrected chi connectivity index (χ4v) is 3.43. The summed E-state index contributed by atoms with van der Waals surface area (Å²) in [6.45, 7) is 1.05. The number of aliphatic carboxylic acids is 1. The Balaban J connectivity index is 2.88. The zero-order valence-electron chi connectivity index (χ0n) is 20.7. The number of amides is 4. The molecule has 1 aliphatic heterocycles. The van der Waals surface area contributed by atoms with E-state index in [1.165, 1.54) is 13.8 Å². The van der Waals surface area contributed by atoms with E-state index in [0.717, 1.165) is 0 Å². The molecule has 16 nitrogen and oxygen atoms in total. The number of alkyl halides is 3. The molecule has 0 aromatic carbocycles. The van der Waals surface area contributed by atoms with Crippen molar-refractivity contribution in [2.24, 2.45) is 5.73 Å². The lowest BCUT2D eigenvalue weighted by Crippen LogP contribution is -2.66. The molecule has 9 N–H and O–H groups in total. The topological polar surface area (TPSA) is 256 Å². The van der Waals surface area contributed by atoms with Crippen molar-refractivity contribution in [3.8, 4) is 0 Å². The molecule has 1 unspecified atom stereocenters. The first kappa shape index (κ1) is 34.8. The van der Waals surface area contributed by atoms with Crippen molar-refractivity contribution in [2.45, 2.75) is 79.3 Å². The summed E-state index contributed by atoms with van der Waals surface area (Å²) < 4.78 is 13.4. The van der Waals surface area contributed by atoms with Crippen molar-refractivity contribution in [1.82, 2.24) is 16.0 Å². The van der Waals surface area contributed by atoms with E-state index in [-0.39, 0.29) is 6.42 Å². The quantitative estimate of drug-likeness (QED) is 0.1000. The molecule has 224 valence electrons. The lowest BCUT2D eigenvalue weighted by Gasteiger charge is -2.43. The molecule has 8 atom stereocenters. The Kier molecular flexibility index (Phi) is 13.9. The molecule has 1 fully saturated rings. The van der Waals surface area contributed by atoms with Crippen LogP contribution in [0.25, 0.3) is 0 Å². The summed E-state index contributed by atoms with van der Waals surface area (Å²) in [6, 6.07) is -4.09. The normalized spacial score (nSPS) is 25.5. The highest BCUT2D eigenvalue weighted by Gasteiger charge is 2.47. The average Bonchev–Trinajstić information content (AvgIpc) is 2.83. The minimum absolute atomic E-state index is 0.273. The van der Waals surface area contributed by atoms with E-state index in [4.69, 9.17) is 59.9 Å². The summed E-state index contributed by atoms with van der Waals surface area (Å²) in [5.74, 6) is -3.94. The van der Waals surface area contributed by atoms with Crippen LogP contribution in [-0.2, 0) is 33.4 Å². The number of nitrogens with two attached hydrogens (primary N) is 1. The highest BCUT2D eigenvalue weighted by atomic mass is 35.6. The number of halogens is 3. The van der Waals surface area contributed by atoms with E-state index in [9.17, 15) is 39.3 Å². The Morgan fingerprint density at radius 1 is 1.08 bits per heavy atom. The molecular weight excluding hydrogens is 595 g/mol. The molecule has 1 heterocycles. The van der Waals surface area contributed by atoms with Crippen LogP contribution >= 0.6 is 34.8 Å². The van der Waals surface area contributed by atoms with Crippen molar-refractivity contribution in [2.75, 3.05) is 13.2 Å². The number of hydrogen-bond acceptors (Lipinski definition) is 11. The monoisotopic (exact) mass is 624 g/mol. The van der Waals surface area contributed by atoms with Crippen LogP contribution in [0.2, 0.25) is 0 Å². The number of hydrogen-bond donors (Lipinski definition) is 8. The van der Waals surface area contributed by atoms with Crippen LogP contribution in [0.4, 0.5) is 4.79 Å². The molecule has 1 saturated heterocycles. The third-order valence-electron chi connectivity index (χ3n) is 5.31. The summed E-state index contributed by atoms with van der Waals surface area (Å²) >= 11 is 16.6. The van der Waals surface area contributed by atoms with Gasteiger partial charge in [0.25, 0.3) is 0 Å². The van der Waals surface area contributed by atoms with Crippen molar-refractivity contribution < 1.29 is 58.6 Å². The van der Waals surface area contributed by atoms with Crippen molar-refractivity contribution >= 4 is 64.6 Å². The van der Waals surface area contributed by atoms with E-state index >= 15 is 0 Å². The standard InChI is InChI=1S/C20H31Cl3N4O12/c1-7(16(33)26-9(15(24)32)3-4-11(29)30)25-17(34)8(2)38-14-12(18(35)39-10(5-28)13(14)31)27-19(36)37-6-20(21,22)23/h7-10,12-14,18,28,31,35H,3-6H2,1-2H3,(H2,24,32)(H,25,34)(H,26,33)(H,27,36)(H,29,30)/t7-,8+,9+,10+,12+,13+,14+,18?/m0/s1. The van der Waals surface area contributed by atoms with Crippen LogP contribution < -0.4 is 21.7 Å². The summed E-state index contributed by atoms with van der Waals surface area (Å²) in [5.41, 5.74) is 5.17. The number of carboxylic acid groups (broad SMARTS) is 1. The second-order valence-corrected chi connectivity index (χ2v) is 11.0. The molecule has 0 radical (unpaired) electrons. The first-order valence-corrected chi connectivity index (χ1v) is 12.5. The Morgan fingerprint density at radius 3 is 2.21 bits per heavy atom. The second-order valence-electron chi connectivity index (χ2n) is 8.47. The maximum atomic E-state index is 12.7. The van der Waals surface area contributed by atoms with Crippen molar-refractivity contribution in [1.29, 1.82) is 0 Å². The predicted molar refractivity (Wildman–Crippen MR) is 132 cm³/mol. The SMILES string of the molecule is C[C@H](NC(=O)[C@@H](C)O[C@H]1[C@H](O)[C@@H](CO)OC(O)[C@@H]1NC(=O)OCC(Cl)(Cl)Cl)C(=O)N[C@H](CCC(=O)O)C(N)=O. The van der Waals surface area contributed by atoms with E-state index in [1.54, 1.807) is 0 Å². The number of primary amides is 1. The number of alkyl carbamates (subject to hydrolysis) is 1. The first-order chi connectivity index (χ1) is 18.0. The van der Waals surface area contributed by atoms with Gasteiger partial charge >= 0.3 is 12.1 Å².